The molecule has 0 atom stereocenters. The number of nitrogens with one attached hydrogen (secondary N) is 1. The Morgan fingerprint density at radius 3 is 2.81 bits per heavy atom. The minimum atomic E-state index is -0.0797. The van der Waals surface area contributed by atoms with E-state index in [1.807, 2.05) is 35.7 Å². The average molecular weight is 408 g/mol. The van der Waals surface area contributed by atoms with Gasteiger partial charge in [0.05, 0.1) is 9.35 Å². The van der Waals surface area contributed by atoms with Crippen LogP contribution in [0.1, 0.15) is 10.4 Å². The van der Waals surface area contributed by atoms with Crippen LogP contribution < -0.4 is 5.32 Å². The fourth-order valence-electron chi connectivity index (χ4n) is 1.20. The molecule has 0 saturated carbocycles. The molecule has 0 aliphatic carbocycles. The third-order valence-electron chi connectivity index (χ3n) is 1.91. The minimum absolute atomic E-state index is 0.0797. The summed E-state index contributed by atoms with van der Waals surface area (Å²) in [6.07, 6.45) is 0. The Bertz CT molecular complexity index is 526. The van der Waals surface area contributed by atoms with E-state index >= 15 is 0 Å². The molecule has 0 unspecified atom stereocenters. The lowest BCUT2D eigenvalue weighted by Gasteiger charge is -2.03. The molecule has 0 spiro atoms. The maximum Gasteiger partial charge on any atom is 0.256 e. The highest BCUT2D eigenvalue weighted by atomic mass is 127. The zero-order valence-corrected chi connectivity index (χ0v) is 12.6. The minimum Gasteiger partial charge on any atom is -0.322 e. The predicted octanol–water partition coefficient (Wildman–Crippen LogP) is 4.37. The van der Waals surface area contributed by atoms with Crippen LogP contribution in [0.3, 0.4) is 0 Å². The summed E-state index contributed by atoms with van der Waals surface area (Å²) < 4.78 is 2.06. The Kier molecular flexibility index (Phi) is 3.99. The highest BCUT2D eigenvalue weighted by Gasteiger charge is 2.07. The highest BCUT2D eigenvalue weighted by Crippen LogP contribution is 2.21. The molecule has 1 amide bonds. The fraction of sp³-hybridized carbons (Fsp3) is 0. The first kappa shape index (κ1) is 12.1. The fourth-order valence-corrected chi connectivity index (χ4v) is 2.88. The normalized spacial score (nSPS) is 10.1. The lowest BCUT2D eigenvalue weighted by atomic mass is 10.3. The quantitative estimate of drug-likeness (QED) is 0.736. The number of anilines is 1. The van der Waals surface area contributed by atoms with E-state index in [0.29, 0.717) is 5.56 Å². The standard InChI is InChI=1S/C11H7BrINOS/c12-10-4-7(6-16-10)11(15)14-9-3-1-2-8(13)5-9/h1-6H,(H,14,15). The van der Waals surface area contributed by atoms with Crippen molar-refractivity contribution in [2.45, 2.75) is 0 Å². The first-order chi connectivity index (χ1) is 7.65. The first-order valence-electron chi connectivity index (χ1n) is 4.46. The largest absolute Gasteiger partial charge is 0.322 e. The topological polar surface area (TPSA) is 29.1 Å². The Morgan fingerprint density at radius 1 is 1.38 bits per heavy atom. The van der Waals surface area contributed by atoms with E-state index in [2.05, 4.69) is 43.8 Å². The van der Waals surface area contributed by atoms with E-state index in [4.69, 9.17) is 0 Å². The molecule has 0 aliphatic rings. The van der Waals surface area contributed by atoms with Gasteiger partial charge < -0.3 is 5.32 Å². The number of thiophene rings is 1. The molecule has 16 heavy (non-hydrogen) atoms. The van der Waals surface area contributed by atoms with Gasteiger partial charge in [-0.3, -0.25) is 4.79 Å². The van der Waals surface area contributed by atoms with Crippen molar-refractivity contribution in [3.63, 3.8) is 0 Å². The van der Waals surface area contributed by atoms with Gasteiger partial charge in [0.1, 0.15) is 0 Å². The SMILES string of the molecule is O=C(Nc1cccc(I)c1)c1csc(Br)c1. The van der Waals surface area contributed by atoms with Gasteiger partial charge in [-0.25, -0.2) is 0 Å². The predicted molar refractivity (Wildman–Crippen MR) is 79.1 cm³/mol. The maximum absolute atomic E-state index is 11.8. The smallest absolute Gasteiger partial charge is 0.256 e. The van der Waals surface area contributed by atoms with E-state index in [0.717, 1.165) is 13.0 Å². The van der Waals surface area contributed by atoms with Crippen LogP contribution in [0, 0.1) is 3.57 Å². The molecule has 82 valence electrons. The molecule has 5 heteroatoms. The van der Waals surface area contributed by atoms with E-state index in [1.165, 1.54) is 11.3 Å². The summed E-state index contributed by atoms with van der Waals surface area (Å²) in [5, 5.41) is 4.68. The molecule has 0 aliphatic heterocycles. The average Bonchev–Trinajstić information content (AvgIpc) is 2.65. The van der Waals surface area contributed by atoms with Gasteiger partial charge in [-0.1, -0.05) is 6.07 Å². The number of carbonyl (C=O) groups excluding carboxylic acids is 1. The van der Waals surface area contributed by atoms with Gasteiger partial charge >= 0.3 is 0 Å². The molecule has 1 heterocycles. The zero-order valence-electron chi connectivity index (χ0n) is 8.04. The molecule has 2 nitrogen and oxygen atoms in total. The summed E-state index contributed by atoms with van der Waals surface area (Å²) in [6, 6.07) is 9.52. The Balaban J connectivity index is 2.13. The van der Waals surface area contributed by atoms with Crippen LogP contribution in [0.5, 0.6) is 0 Å². The second kappa shape index (κ2) is 5.29. The zero-order chi connectivity index (χ0) is 11.5. The van der Waals surface area contributed by atoms with E-state index in [-0.39, 0.29) is 5.91 Å². The van der Waals surface area contributed by atoms with Gasteiger partial charge in [-0.05, 0) is 62.8 Å². The van der Waals surface area contributed by atoms with Crippen LogP contribution in [0.25, 0.3) is 0 Å². The molecule has 0 fully saturated rings. The summed E-state index contributed by atoms with van der Waals surface area (Å²) >= 11 is 7.05. The van der Waals surface area contributed by atoms with Crippen LogP contribution in [0.15, 0.2) is 39.5 Å². The van der Waals surface area contributed by atoms with E-state index in [9.17, 15) is 4.79 Å². The molecular weight excluding hydrogens is 401 g/mol. The third-order valence-corrected chi connectivity index (χ3v) is 4.09. The van der Waals surface area contributed by atoms with Crippen molar-refractivity contribution in [2.24, 2.45) is 0 Å². The molecular formula is C11H7BrINOS. The third kappa shape index (κ3) is 3.05. The molecule has 1 N–H and O–H groups in total. The lowest BCUT2D eigenvalue weighted by Crippen LogP contribution is -2.10. The molecule has 0 saturated heterocycles. The van der Waals surface area contributed by atoms with Crippen LogP contribution in [0.4, 0.5) is 5.69 Å². The monoisotopic (exact) mass is 407 g/mol. The summed E-state index contributed by atoms with van der Waals surface area (Å²) in [5.41, 5.74) is 1.50. The van der Waals surface area contributed by atoms with Crippen LogP contribution in [-0.4, -0.2) is 5.91 Å². The number of benzene rings is 1. The molecule has 1 aromatic carbocycles. The van der Waals surface area contributed by atoms with Crippen molar-refractivity contribution in [3.8, 4) is 0 Å². The lowest BCUT2D eigenvalue weighted by molar-refractivity contribution is 0.102. The van der Waals surface area contributed by atoms with Gasteiger partial charge in [0.2, 0.25) is 0 Å². The van der Waals surface area contributed by atoms with E-state index < -0.39 is 0 Å². The number of hydrogen-bond acceptors (Lipinski definition) is 2. The summed E-state index contributed by atoms with van der Waals surface area (Å²) in [7, 11) is 0. The summed E-state index contributed by atoms with van der Waals surface area (Å²) in [5.74, 6) is -0.0797. The maximum atomic E-state index is 11.8. The number of rotatable bonds is 2. The van der Waals surface area contributed by atoms with Gasteiger partial charge in [-0.2, -0.15) is 0 Å². The summed E-state index contributed by atoms with van der Waals surface area (Å²) in [6.45, 7) is 0. The Morgan fingerprint density at radius 2 is 2.19 bits per heavy atom. The number of carbonyl (C=O) groups is 1. The van der Waals surface area contributed by atoms with E-state index in [1.54, 1.807) is 0 Å². The van der Waals surface area contributed by atoms with Crippen molar-refractivity contribution in [1.29, 1.82) is 0 Å². The van der Waals surface area contributed by atoms with Crippen molar-refractivity contribution in [2.75, 3.05) is 5.32 Å². The molecule has 1 aromatic heterocycles. The van der Waals surface area contributed by atoms with Gasteiger partial charge in [-0.15, -0.1) is 11.3 Å². The van der Waals surface area contributed by atoms with Crippen LogP contribution >= 0.6 is 49.9 Å². The van der Waals surface area contributed by atoms with Gasteiger partial charge in [0, 0.05) is 14.6 Å². The number of amides is 1. The molecule has 2 aromatic rings. The van der Waals surface area contributed by atoms with Gasteiger partial charge in [0.25, 0.3) is 5.91 Å². The van der Waals surface area contributed by atoms with Crippen LogP contribution in [0.2, 0.25) is 0 Å². The molecule has 0 radical (unpaired) electrons. The van der Waals surface area contributed by atoms with Crippen molar-refractivity contribution >= 4 is 61.5 Å². The van der Waals surface area contributed by atoms with Crippen molar-refractivity contribution in [3.05, 3.63) is 48.6 Å². The van der Waals surface area contributed by atoms with Crippen molar-refractivity contribution in [1.82, 2.24) is 0 Å². The van der Waals surface area contributed by atoms with Crippen molar-refractivity contribution < 1.29 is 4.79 Å². The number of halogens is 2. The molecule has 0 bridgehead atoms. The second-order valence-electron chi connectivity index (χ2n) is 3.10. The highest BCUT2D eigenvalue weighted by molar-refractivity contribution is 14.1. The first-order valence-corrected chi connectivity index (χ1v) is 7.21. The van der Waals surface area contributed by atoms with Gasteiger partial charge in [0.15, 0.2) is 0 Å². The number of hydrogen-bond donors (Lipinski definition) is 1. The summed E-state index contributed by atoms with van der Waals surface area (Å²) in [4.78, 5) is 11.8. The van der Waals surface area contributed by atoms with Crippen LogP contribution in [-0.2, 0) is 0 Å². The Hall–Kier alpha value is -0.400. The molecule has 2 rings (SSSR count). The second-order valence-corrected chi connectivity index (χ2v) is 6.64. The Labute approximate surface area is 119 Å².